The molecule has 0 radical (unpaired) electrons. The second-order valence-corrected chi connectivity index (χ2v) is 8.72. The van der Waals surface area contributed by atoms with Gasteiger partial charge in [-0.3, -0.25) is 0 Å². The summed E-state index contributed by atoms with van der Waals surface area (Å²) in [6.45, 7) is 6.12. The number of hydrogen-bond acceptors (Lipinski definition) is 2. The number of pyridine rings is 1. The summed E-state index contributed by atoms with van der Waals surface area (Å²) in [5, 5.41) is 2.58. The standard InChI is InChI=1S/C21H22NOP/c1-21(2,3)23-19-15-10-16-20(22-19)24(17-11-6-4-7-12-17)18-13-8-5-9-14-18/h4-16H,1-3H3. The number of rotatable bonds is 4. The highest BCUT2D eigenvalue weighted by Gasteiger charge is 2.19. The van der Waals surface area contributed by atoms with E-state index in [2.05, 4.69) is 66.7 Å². The molecular weight excluding hydrogens is 313 g/mol. The zero-order valence-electron chi connectivity index (χ0n) is 14.3. The van der Waals surface area contributed by atoms with Crippen molar-refractivity contribution in [2.45, 2.75) is 26.4 Å². The normalized spacial score (nSPS) is 11.5. The molecule has 24 heavy (non-hydrogen) atoms. The summed E-state index contributed by atoms with van der Waals surface area (Å²) in [6, 6.07) is 27.2. The Hall–Kier alpha value is -2.18. The molecule has 2 nitrogen and oxygen atoms in total. The van der Waals surface area contributed by atoms with Crippen LogP contribution in [0.3, 0.4) is 0 Å². The predicted octanol–water partition coefficient (Wildman–Crippen LogP) is 4.02. The summed E-state index contributed by atoms with van der Waals surface area (Å²) in [4.78, 5) is 4.82. The first-order valence-corrected chi connectivity index (χ1v) is 9.43. The third kappa shape index (κ3) is 4.21. The summed E-state index contributed by atoms with van der Waals surface area (Å²) in [5.74, 6) is 0.680. The largest absolute Gasteiger partial charge is 0.472 e. The van der Waals surface area contributed by atoms with Gasteiger partial charge in [-0.2, -0.15) is 0 Å². The fourth-order valence-corrected chi connectivity index (χ4v) is 4.67. The Bertz CT molecular complexity index is 742. The third-order valence-electron chi connectivity index (χ3n) is 3.38. The van der Waals surface area contributed by atoms with Crippen molar-refractivity contribution in [1.82, 2.24) is 4.98 Å². The van der Waals surface area contributed by atoms with Gasteiger partial charge < -0.3 is 4.74 Å². The van der Waals surface area contributed by atoms with E-state index >= 15 is 0 Å². The third-order valence-corrected chi connectivity index (χ3v) is 5.71. The zero-order chi connectivity index (χ0) is 17.0. The highest BCUT2D eigenvalue weighted by atomic mass is 31.1. The monoisotopic (exact) mass is 335 g/mol. The molecule has 0 aliphatic rings. The van der Waals surface area contributed by atoms with Gasteiger partial charge in [-0.05, 0) is 37.4 Å². The summed E-state index contributed by atoms with van der Waals surface area (Å²) < 4.78 is 5.96. The van der Waals surface area contributed by atoms with Crippen LogP contribution in [-0.4, -0.2) is 10.6 Å². The first-order chi connectivity index (χ1) is 11.5. The topological polar surface area (TPSA) is 22.1 Å². The SMILES string of the molecule is CC(C)(C)Oc1cccc(P(c2ccccc2)c2ccccc2)n1. The van der Waals surface area contributed by atoms with Crippen molar-refractivity contribution >= 4 is 24.0 Å². The van der Waals surface area contributed by atoms with E-state index in [1.165, 1.54) is 10.6 Å². The lowest BCUT2D eigenvalue weighted by Crippen LogP contribution is -2.26. The van der Waals surface area contributed by atoms with Crippen molar-refractivity contribution in [3.05, 3.63) is 78.9 Å². The molecular formula is C21H22NOP. The smallest absolute Gasteiger partial charge is 0.214 e. The van der Waals surface area contributed by atoms with Crippen LogP contribution in [0.25, 0.3) is 0 Å². The van der Waals surface area contributed by atoms with Crippen molar-refractivity contribution < 1.29 is 4.74 Å². The maximum atomic E-state index is 5.96. The highest BCUT2D eigenvalue weighted by Crippen LogP contribution is 2.32. The first-order valence-electron chi connectivity index (χ1n) is 8.09. The molecule has 0 bridgehead atoms. The molecule has 2 aromatic carbocycles. The van der Waals surface area contributed by atoms with Crippen LogP contribution in [0.1, 0.15) is 20.8 Å². The lowest BCUT2D eigenvalue weighted by atomic mass is 10.2. The fourth-order valence-electron chi connectivity index (χ4n) is 2.47. The molecule has 0 amide bonds. The summed E-state index contributed by atoms with van der Waals surface area (Å²) in [7, 11) is -0.695. The first kappa shape index (κ1) is 16.7. The Labute approximate surface area is 145 Å². The molecule has 0 aliphatic carbocycles. The summed E-state index contributed by atoms with van der Waals surface area (Å²) in [6.07, 6.45) is 0. The van der Waals surface area contributed by atoms with E-state index in [1.807, 2.05) is 32.9 Å². The molecule has 122 valence electrons. The van der Waals surface area contributed by atoms with E-state index in [9.17, 15) is 0 Å². The maximum absolute atomic E-state index is 5.96. The minimum atomic E-state index is -0.695. The van der Waals surface area contributed by atoms with Crippen LogP contribution in [0.4, 0.5) is 0 Å². The lowest BCUT2D eigenvalue weighted by Gasteiger charge is -2.22. The molecule has 3 heteroatoms. The molecule has 0 atom stereocenters. The minimum Gasteiger partial charge on any atom is -0.472 e. The molecule has 0 N–H and O–H groups in total. The fraction of sp³-hybridized carbons (Fsp3) is 0.190. The quantitative estimate of drug-likeness (QED) is 0.672. The van der Waals surface area contributed by atoms with Crippen LogP contribution in [0, 0.1) is 0 Å². The zero-order valence-corrected chi connectivity index (χ0v) is 15.2. The molecule has 0 unspecified atom stereocenters. The summed E-state index contributed by atoms with van der Waals surface area (Å²) >= 11 is 0. The van der Waals surface area contributed by atoms with Crippen LogP contribution in [0.15, 0.2) is 78.9 Å². The van der Waals surface area contributed by atoms with Crippen molar-refractivity contribution in [2.24, 2.45) is 0 Å². The second-order valence-electron chi connectivity index (χ2n) is 6.55. The van der Waals surface area contributed by atoms with Gasteiger partial charge in [0.2, 0.25) is 5.88 Å². The van der Waals surface area contributed by atoms with Crippen molar-refractivity contribution in [1.29, 1.82) is 0 Å². The van der Waals surface area contributed by atoms with Gasteiger partial charge in [0.25, 0.3) is 0 Å². The van der Waals surface area contributed by atoms with Crippen LogP contribution in [-0.2, 0) is 0 Å². The number of benzene rings is 2. The molecule has 1 aromatic heterocycles. The number of aromatic nitrogens is 1. The maximum Gasteiger partial charge on any atom is 0.214 e. The van der Waals surface area contributed by atoms with Gasteiger partial charge in [0.1, 0.15) is 5.60 Å². The van der Waals surface area contributed by atoms with Gasteiger partial charge in [-0.25, -0.2) is 4.98 Å². The number of nitrogens with zero attached hydrogens (tertiary/aromatic N) is 1. The predicted molar refractivity (Wildman–Crippen MR) is 103 cm³/mol. The van der Waals surface area contributed by atoms with E-state index in [0.29, 0.717) is 5.88 Å². The average Bonchev–Trinajstić information content (AvgIpc) is 2.56. The van der Waals surface area contributed by atoms with Crippen LogP contribution in [0.2, 0.25) is 0 Å². The van der Waals surface area contributed by atoms with Gasteiger partial charge in [0, 0.05) is 14.0 Å². The molecule has 0 aliphatic heterocycles. The van der Waals surface area contributed by atoms with Gasteiger partial charge in [0.15, 0.2) is 0 Å². The minimum absolute atomic E-state index is 0.256. The van der Waals surface area contributed by atoms with E-state index in [1.54, 1.807) is 0 Å². The van der Waals surface area contributed by atoms with Gasteiger partial charge in [-0.1, -0.05) is 66.7 Å². The van der Waals surface area contributed by atoms with Crippen LogP contribution >= 0.6 is 7.92 Å². The molecule has 3 rings (SSSR count). The lowest BCUT2D eigenvalue weighted by molar-refractivity contribution is 0.124. The van der Waals surface area contributed by atoms with Gasteiger partial charge >= 0.3 is 0 Å². The van der Waals surface area contributed by atoms with E-state index in [0.717, 1.165) is 5.44 Å². The van der Waals surface area contributed by atoms with Crippen LogP contribution < -0.4 is 20.8 Å². The number of ether oxygens (including phenoxy) is 1. The van der Waals surface area contributed by atoms with Crippen LogP contribution in [0.5, 0.6) is 5.88 Å². The Kier molecular flexibility index (Phi) is 4.97. The van der Waals surface area contributed by atoms with Crippen molar-refractivity contribution in [3.8, 4) is 5.88 Å². The Morgan fingerprint density at radius 2 is 1.25 bits per heavy atom. The van der Waals surface area contributed by atoms with Gasteiger partial charge in [-0.15, -0.1) is 0 Å². The molecule has 0 fully saturated rings. The highest BCUT2D eigenvalue weighted by molar-refractivity contribution is 7.79. The van der Waals surface area contributed by atoms with E-state index in [4.69, 9.17) is 9.72 Å². The Balaban J connectivity index is 2.05. The van der Waals surface area contributed by atoms with E-state index in [-0.39, 0.29) is 5.60 Å². The number of hydrogen-bond donors (Lipinski definition) is 0. The molecule has 0 saturated heterocycles. The average molecular weight is 335 g/mol. The molecule has 3 aromatic rings. The Morgan fingerprint density at radius 1 is 0.708 bits per heavy atom. The summed E-state index contributed by atoms with van der Waals surface area (Å²) in [5.41, 5.74) is 0.803. The Morgan fingerprint density at radius 3 is 1.75 bits per heavy atom. The second kappa shape index (κ2) is 7.15. The van der Waals surface area contributed by atoms with Crippen molar-refractivity contribution in [3.63, 3.8) is 0 Å². The molecule has 1 heterocycles. The van der Waals surface area contributed by atoms with Gasteiger partial charge in [0.05, 0.1) is 5.44 Å². The van der Waals surface area contributed by atoms with Crippen molar-refractivity contribution in [2.75, 3.05) is 0 Å². The molecule has 0 spiro atoms. The molecule has 0 saturated carbocycles. The van der Waals surface area contributed by atoms with E-state index < -0.39 is 7.92 Å².